The summed E-state index contributed by atoms with van der Waals surface area (Å²) >= 11 is 0. The van der Waals surface area contributed by atoms with Crippen LogP contribution < -0.4 is 10.5 Å². The Kier molecular flexibility index (Phi) is 11.1. The molecule has 0 bridgehead atoms. The molecule has 1 amide bonds. The van der Waals surface area contributed by atoms with E-state index in [1.807, 2.05) is 13.8 Å². The standard InChI is InChI=1S/C34H35F2N3O7S/c1-20(2)39-29(17-14-26(40)18-27(41)19-30(42)46-3)31(21-4-8-23(35)9-5-21)32(22-6-10-24(36)11-7-22)33(39)34(43)38-25-12-15-28(16-13-25)47(37,44)45/h4-17,20,26-27,40-41H,18-19H2,1-3H3,(H,38,43)(H2,37,44,45)/t26-,27+/m0/s1. The van der Waals surface area contributed by atoms with E-state index in [-0.39, 0.29) is 35.2 Å². The number of carbonyl (C=O) groups excluding carboxylic acids is 2. The molecule has 4 rings (SSSR count). The van der Waals surface area contributed by atoms with E-state index in [9.17, 15) is 37.0 Å². The number of aromatic nitrogens is 1. The lowest BCUT2D eigenvalue weighted by Crippen LogP contribution is -2.21. The predicted molar refractivity (Wildman–Crippen MR) is 174 cm³/mol. The van der Waals surface area contributed by atoms with Gasteiger partial charge in [-0.25, -0.2) is 22.3 Å². The van der Waals surface area contributed by atoms with E-state index in [1.165, 1.54) is 86.0 Å². The second-order valence-electron chi connectivity index (χ2n) is 11.1. The number of sulfonamides is 1. The van der Waals surface area contributed by atoms with Crippen LogP contribution in [0, 0.1) is 11.6 Å². The minimum absolute atomic E-state index is 0.140. The van der Waals surface area contributed by atoms with E-state index >= 15 is 0 Å². The molecule has 0 aliphatic heterocycles. The van der Waals surface area contributed by atoms with Crippen molar-refractivity contribution in [2.45, 2.75) is 49.8 Å². The normalized spacial score (nSPS) is 13.1. The van der Waals surface area contributed by atoms with Gasteiger partial charge in [-0.3, -0.25) is 9.59 Å². The number of hydrogen-bond acceptors (Lipinski definition) is 7. The lowest BCUT2D eigenvalue weighted by molar-refractivity contribution is -0.143. The Hall–Kier alpha value is -4.69. The Labute approximate surface area is 271 Å². The van der Waals surface area contributed by atoms with Gasteiger partial charge in [-0.1, -0.05) is 30.3 Å². The minimum atomic E-state index is -3.97. The van der Waals surface area contributed by atoms with Crippen molar-refractivity contribution >= 4 is 33.7 Å². The van der Waals surface area contributed by atoms with Crippen molar-refractivity contribution in [2.75, 3.05) is 12.4 Å². The number of methoxy groups -OCH3 is 1. The Morgan fingerprint density at radius 3 is 1.94 bits per heavy atom. The fraction of sp³-hybridized carbons (Fsp3) is 0.235. The average Bonchev–Trinajstić information content (AvgIpc) is 3.36. The summed E-state index contributed by atoms with van der Waals surface area (Å²) in [6, 6.07) is 16.0. The highest BCUT2D eigenvalue weighted by molar-refractivity contribution is 7.89. The number of primary sulfonamides is 1. The van der Waals surface area contributed by atoms with Crippen LogP contribution in [0.4, 0.5) is 14.5 Å². The molecule has 0 spiro atoms. The Balaban J connectivity index is 1.94. The largest absolute Gasteiger partial charge is 0.469 e. The van der Waals surface area contributed by atoms with Gasteiger partial charge in [-0.15, -0.1) is 0 Å². The molecular formula is C34H35F2N3O7S. The van der Waals surface area contributed by atoms with E-state index in [0.717, 1.165) is 0 Å². The first kappa shape index (κ1) is 35.2. The van der Waals surface area contributed by atoms with Crippen LogP contribution in [0.1, 0.15) is 48.9 Å². The van der Waals surface area contributed by atoms with Gasteiger partial charge < -0.3 is 24.8 Å². The number of carbonyl (C=O) groups is 2. The van der Waals surface area contributed by atoms with Crippen LogP contribution in [0.5, 0.6) is 0 Å². The third-order valence-electron chi connectivity index (χ3n) is 7.30. The number of nitrogens with one attached hydrogen (secondary N) is 1. The number of aliphatic hydroxyl groups is 2. The van der Waals surface area contributed by atoms with Gasteiger partial charge in [-0.05, 0) is 79.6 Å². The van der Waals surface area contributed by atoms with Crippen LogP contribution in [0.3, 0.4) is 0 Å². The number of halogens is 2. The minimum Gasteiger partial charge on any atom is -0.469 e. The van der Waals surface area contributed by atoms with Gasteiger partial charge in [0.1, 0.15) is 17.3 Å². The summed E-state index contributed by atoms with van der Waals surface area (Å²) in [5, 5.41) is 29.0. The van der Waals surface area contributed by atoms with Crippen LogP contribution in [0.25, 0.3) is 28.3 Å². The monoisotopic (exact) mass is 667 g/mol. The van der Waals surface area contributed by atoms with Crippen LogP contribution >= 0.6 is 0 Å². The summed E-state index contributed by atoms with van der Waals surface area (Å²) in [5.41, 5.74) is 2.66. The van der Waals surface area contributed by atoms with Gasteiger partial charge in [0.2, 0.25) is 10.0 Å². The van der Waals surface area contributed by atoms with Gasteiger partial charge in [0, 0.05) is 35.0 Å². The topological polar surface area (TPSA) is 161 Å². The summed E-state index contributed by atoms with van der Waals surface area (Å²) < 4.78 is 57.9. The Bertz CT molecular complexity index is 1870. The third kappa shape index (κ3) is 8.57. The molecule has 13 heteroatoms. The van der Waals surface area contributed by atoms with Crippen LogP contribution in [0.2, 0.25) is 0 Å². The average molecular weight is 668 g/mol. The molecule has 4 aromatic rings. The molecule has 1 aromatic heterocycles. The number of hydrogen-bond donors (Lipinski definition) is 4. The fourth-order valence-electron chi connectivity index (χ4n) is 5.17. The first-order valence-electron chi connectivity index (χ1n) is 14.5. The first-order valence-corrected chi connectivity index (χ1v) is 16.1. The van der Waals surface area contributed by atoms with Crippen LogP contribution in [-0.4, -0.2) is 54.4 Å². The lowest BCUT2D eigenvalue weighted by Gasteiger charge is -2.17. The predicted octanol–water partition coefficient (Wildman–Crippen LogP) is 5.27. The van der Waals surface area contributed by atoms with E-state index in [2.05, 4.69) is 10.1 Å². The molecule has 5 N–H and O–H groups in total. The molecule has 1 heterocycles. The molecule has 0 saturated heterocycles. The lowest BCUT2D eigenvalue weighted by atomic mass is 9.94. The number of aliphatic hydroxyl groups excluding tert-OH is 2. The van der Waals surface area contributed by atoms with Crippen LogP contribution in [-0.2, 0) is 19.6 Å². The highest BCUT2D eigenvalue weighted by atomic mass is 32.2. The quantitative estimate of drug-likeness (QED) is 0.150. The maximum atomic E-state index is 14.2. The van der Waals surface area contributed by atoms with Crippen molar-refractivity contribution in [2.24, 2.45) is 5.14 Å². The Morgan fingerprint density at radius 1 is 0.915 bits per heavy atom. The SMILES string of the molecule is COC(=O)C[C@H](O)C[C@@H](O)C=Cc1c(-c2ccc(F)cc2)c(-c2ccc(F)cc2)c(C(=O)Nc2ccc(S(N)(=O)=O)cc2)n1C(C)C. The fourth-order valence-corrected chi connectivity index (χ4v) is 5.69. The number of nitrogens with two attached hydrogens (primary N) is 1. The van der Waals surface area contributed by atoms with E-state index in [1.54, 1.807) is 10.6 Å². The Morgan fingerprint density at radius 2 is 1.45 bits per heavy atom. The molecule has 0 radical (unpaired) electrons. The van der Waals surface area contributed by atoms with Crippen molar-refractivity contribution < 1.29 is 41.7 Å². The summed E-state index contributed by atoms with van der Waals surface area (Å²) in [4.78, 5) is 25.6. The second-order valence-corrected chi connectivity index (χ2v) is 12.6. The van der Waals surface area contributed by atoms with E-state index < -0.39 is 45.7 Å². The third-order valence-corrected chi connectivity index (χ3v) is 8.23. The van der Waals surface area contributed by atoms with Gasteiger partial charge in [0.15, 0.2) is 0 Å². The molecule has 0 fully saturated rings. The summed E-state index contributed by atoms with van der Waals surface area (Å²) in [6.07, 6.45) is 0.0689. The van der Waals surface area contributed by atoms with Gasteiger partial charge in [-0.2, -0.15) is 0 Å². The molecular weight excluding hydrogens is 632 g/mol. The zero-order valence-corrected chi connectivity index (χ0v) is 26.7. The first-order chi connectivity index (χ1) is 22.2. The highest BCUT2D eigenvalue weighted by Gasteiger charge is 2.30. The van der Waals surface area contributed by atoms with Crippen LogP contribution in [0.15, 0.2) is 83.8 Å². The molecule has 10 nitrogen and oxygen atoms in total. The summed E-state index contributed by atoms with van der Waals surface area (Å²) in [5.74, 6) is -2.23. The number of anilines is 1. The molecule has 0 aliphatic rings. The maximum absolute atomic E-state index is 14.2. The number of esters is 1. The van der Waals surface area contributed by atoms with Crippen molar-refractivity contribution in [3.05, 3.63) is 102 Å². The van der Waals surface area contributed by atoms with Crippen molar-refractivity contribution in [3.63, 3.8) is 0 Å². The van der Waals surface area contributed by atoms with Gasteiger partial charge in [0.05, 0.1) is 30.6 Å². The van der Waals surface area contributed by atoms with E-state index in [0.29, 0.717) is 27.9 Å². The molecule has 248 valence electrons. The van der Waals surface area contributed by atoms with Gasteiger partial charge >= 0.3 is 5.97 Å². The van der Waals surface area contributed by atoms with E-state index in [4.69, 9.17) is 5.14 Å². The number of ether oxygens (including phenoxy) is 1. The highest BCUT2D eigenvalue weighted by Crippen LogP contribution is 2.43. The maximum Gasteiger partial charge on any atom is 0.308 e. The van der Waals surface area contributed by atoms with Crippen molar-refractivity contribution in [1.29, 1.82) is 0 Å². The second kappa shape index (κ2) is 14.8. The number of benzene rings is 3. The zero-order valence-electron chi connectivity index (χ0n) is 25.9. The number of rotatable bonds is 12. The molecule has 0 unspecified atom stereocenters. The molecule has 3 aromatic carbocycles. The summed E-state index contributed by atoms with van der Waals surface area (Å²) in [6.45, 7) is 3.66. The number of nitrogens with zero attached hydrogens (tertiary/aromatic N) is 1. The summed E-state index contributed by atoms with van der Waals surface area (Å²) in [7, 11) is -2.78. The molecule has 2 atom stereocenters. The molecule has 0 aliphatic carbocycles. The van der Waals surface area contributed by atoms with Crippen molar-refractivity contribution in [1.82, 2.24) is 4.57 Å². The number of amides is 1. The van der Waals surface area contributed by atoms with Crippen molar-refractivity contribution in [3.8, 4) is 22.3 Å². The van der Waals surface area contributed by atoms with Gasteiger partial charge in [0.25, 0.3) is 5.91 Å². The smallest absolute Gasteiger partial charge is 0.308 e. The molecule has 47 heavy (non-hydrogen) atoms. The zero-order chi connectivity index (χ0) is 34.5. The molecule has 0 saturated carbocycles.